The van der Waals surface area contributed by atoms with E-state index in [4.69, 9.17) is 23.7 Å². The molecule has 0 N–H and O–H groups in total. The molecule has 4 aromatic carbocycles. The summed E-state index contributed by atoms with van der Waals surface area (Å²) in [6.45, 7) is 5.21. The molecule has 7 rings (SSSR count). The van der Waals surface area contributed by atoms with Gasteiger partial charge in [-0.3, -0.25) is 0 Å². The molecule has 0 atom stereocenters. The van der Waals surface area contributed by atoms with Gasteiger partial charge in [0.2, 0.25) is 0 Å². The van der Waals surface area contributed by atoms with Crippen molar-refractivity contribution in [1.29, 1.82) is 0 Å². The summed E-state index contributed by atoms with van der Waals surface area (Å²) in [5, 5.41) is 2.15. The van der Waals surface area contributed by atoms with Gasteiger partial charge in [-0.2, -0.15) is 0 Å². The summed E-state index contributed by atoms with van der Waals surface area (Å²) in [7, 11) is 2.85. The summed E-state index contributed by atoms with van der Waals surface area (Å²) in [6, 6.07) is 19.9. The van der Waals surface area contributed by atoms with Gasteiger partial charge < -0.3 is 33.5 Å². The van der Waals surface area contributed by atoms with Gasteiger partial charge in [0.05, 0.1) is 40.6 Å². The number of morpholine rings is 2. The lowest BCUT2D eigenvalue weighted by Gasteiger charge is -2.43. The number of halogens is 2. The van der Waals surface area contributed by atoms with Crippen LogP contribution in [0, 0.1) is 11.6 Å². The molecular weight excluding hydrogens is 566 g/mol. The van der Waals surface area contributed by atoms with Crippen LogP contribution in [-0.2, 0) is 15.1 Å². The van der Waals surface area contributed by atoms with E-state index >= 15 is 8.78 Å². The van der Waals surface area contributed by atoms with Crippen LogP contribution in [0.5, 0.6) is 17.2 Å². The maximum absolute atomic E-state index is 15.4. The Kier molecular flexibility index (Phi) is 7.52. The SMILES string of the molecule is COc1ccc(C2(c3ccc(OC)c(F)c3)C=C(N3CCOCC3)c3c(cc(N4CCOCC4)c4ccccc34)O2)cc1F. The van der Waals surface area contributed by atoms with E-state index in [1.54, 1.807) is 24.3 Å². The molecule has 2 saturated heterocycles. The van der Waals surface area contributed by atoms with Crippen LogP contribution >= 0.6 is 0 Å². The summed E-state index contributed by atoms with van der Waals surface area (Å²) < 4.78 is 59.8. The highest BCUT2D eigenvalue weighted by atomic mass is 19.1. The zero-order chi connectivity index (χ0) is 30.3. The van der Waals surface area contributed by atoms with Crippen molar-refractivity contribution in [2.75, 3.05) is 71.7 Å². The first-order valence-electron chi connectivity index (χ1n) is 14.8. The molecule has 0 spiro atoms. The average Bonchev–Trinajstić information content (AvgIpc) is 3.08. The molecule has 0 aliphatic carbocycles. The minimum Gasteiger partial charge on any atom is -0.494 e. The van der Waals surface area contributed by atoms with E-state index < -0.39 is 17.2 Å². The Labute approximate surface area is 255 Å². The zero-order valence-corrected chi connectivity index (χ0v) is 24.8. The largest absolute Gasteiger partial charge is 0.494 e. The van der Waals surface area contributed by atoms with Crippen molar-refractivity contribution >= 4 is 22.2 Å². The summed E-state index contributed by atoms with van der Waals surface area (Å²) >= 11 is 0. The quantitative estimate of drug-likeness (QED) is 0.270. The van der Waals surface area contributed by atoms with Gasteiger partial charge in [-0.05, 0) is 35.7 Å². The van der Waals surface area contributed by atoms with Crippen LogP contribution in [0.2, 0.25) is 0 Å². The van der Waals surface area contributed by atoms with Gasteiger partial charge in [0.15, 0.2) is 28.7 Å². The van der Waals surface area contributed by atoms with E-state index in [1.807, 2.05) is 18.2 Å². The Bertz CT molecular complexity index is 1680. The smallest absolute Gasteiger partial charge is 0.180 e. The lowest BCUT2D eigenvalue weighted by molar-refractivity contribution is 0.0618. The van der Waals surface area contributed by atoms with Crippen LogP contribution in [0.3, 0.4) is 0 Å². The summed E-state index contributed by atoms with van der Waals surface area (Å²) in [5.41, 5.74) is 2.51. The molecule has 3 aliphatic heterocycles. The fraction of sp³-hybridized carbons (Fsp3) is 0.314. The third-order valence-corrected chi connectivity index (χ3v) is 8.72. The Hall–Kier alpha value is -4.34. The second-order valence-corrected chi connectivity index (χ2v) is 11.1. The van der Waals surface area contributed by atoms with E-state index in [-0.39, 0.29) is 11.5 Å². The Balaban J connectivity index is 1.53. The minimum atomic E-state index is -1.38. The third kappa shape index (κ3) is 4.80. The molecule has 0 bridgehead atoms. The fourth-order valence-corrected chi connectivity index (χ4v) is 6.51. The molecule has 44 heavy (non-hydrogen) atoms. The van der Waals surface area contributed by atoms with Crippen molar-refractivity contribution in [3.63, 3.8) is 0 Å². The van der Waals surface area contributed by atoms with Crippen molar-refractivity contribution in [3.8, 4) is 17.2 Å². The van der Waals surface area contributed by atoms with Crippen LogP contribution in [0.15, 0.2) is 72.8 Å². The molecule has 4 aromatic rings. The number of ether oxygens (including phenoxy) is 5. The molecule has 0 aromatic heterocycles. The van der Waals surface area contributed by atoms with Crippen LogP contribution in [0.1, 0.15) is 16.7 Å². The van der Waals surface area contributed by atoms with Gasteiger partial charge in [0.25, 0.3) is 0 Å². The molecule has 9 heteroatoms. The molecule has 2 fully saturated rings. The van der Waals surface area contributed by atoms with Gasteiger partial charge in [0.1, 0.15) is 5.75 Å². The zero-order valence-electron chi connectivity index (χ0n) is 24.8. The topological polar surface area (TPSA) is 52.6 Å². The molecule has 228 valence electrons. The Morgan fingerprint density at radius 2 is 1.23 bits per heavy atom. The lowest BCUT2D eigenvalue weighted by Crippen LogP contribution is -2.41. The van der Waals surface area contributed by atoms with Crippen molar-refractivity contribution in [3.05, 3.63) is 101 Å². The highest BCUT2D eigenvalue weighted by molar-refractivity contribution is 6.04. The Morgan fingerprint density at radius 3 is 1.77 bits per heavy atom. The molecular formula is C35H34F2N2O5. The van der Waals surface area contributed by atoms with Gasteiger partial charge >= 0.3 is 0 Å². The van der Waals surface area contributed by atoms with Crippen molar-refractivity contribution < 1.29 is 32.5 Å². The van der Waals surface area contributed by atoms with Crippen LogP contribution < -0.4 is 19.1 Å². The van der Waals surface area contributed by atoms with Crippen molar-refractivity contribution in [2.24, 2.45) is 0 Å². The number of hydrogen-bond donors (Lipinski definition) is 0. The molecule has 3 heterocycles. The molecule has 7 nitrogen and oxygen atoms in total. The van der Waals surface area contributed by atoms with E-state index in [0.29, 0.717) is 56.4 Å². The number of rotatable bonds is 6. The maximum Gasteiger partial charge on any atom is 0.180 e. The van der Waals surface area contributed by atoms with E-state index in [1.165, 1.54) is 26.4 Å². The molecule has 0 radical (unpaired) electrons. The predicted octanol–water partition coefficient (Wildman–Crippen LogP) is 5.98. The minimum absolute atomic E-state index is 0.110. The molecule has 3 aliphatic rings. The predicted molar refractivity (Wildman–Crippen MR) is 165 cm³/mol. The summed E-state index contributed by atoms with van der Waals surface area (Å²) in [6.07, 6.45) is 2.00. The van der Waals surface area contributed by atoms with E-state index in [0.717, 1.165) is 40.8 Å². The first kappa shape index (κ1) is 28.4. The fourth-order valence-electron chi connectivity index (χ4n) is 6.51. The van der Waals surface area contributed by atoms with E-state index in [2.05, 4.69) is 28.0 Å². The standard InChI is InChI=1S/C35H34F2N2O5/c1-40-31-9-7-23(19-27(31)36)35(24-8-10-32(41-2)28(37)20-24)22-30(39-13-17-43-18-14-39)34-26-6-4-3-5-25(26)29(21-33(34)44-35)38-11-15-42-16-12-38/h3-10,19-22H,11-18H2,1-2H3. The van der Waals surface area contributed by atoms with Crippen molar-refractivity contribution in [1.82, 2.24) is 4.90 Å². The number of nitrogens with zero attached hydrogens (tertiary/aromatic N) is 2. The molecule has 0 amide bonds. The maximum atomic E-state index is 15.4. The summed E-state index contributed by atoms with van der Waals surface area (Å²) in [5.74, 6) is -0.233. The molecule has 0 saturated carbocycles. The van der Waals surface area contributed by atoms with Gasteiger partial charge in [0, 0.05) is 65.7 Å². The number of benzene rings is 4. The second kappa shape index (κ2) is 11.6. The van der Waals surface area contributed by atoms with Gasteiger partial charge in [-0.1, -0.05) is 36.4 Å². The normalized spacial score (nSPS) is 18.0. The number of fused-ring (bicyclic) bond motifs is 3. The first-order chi connectivity index (χ1) is 21.5. The third-order valence-electron chi connectivity index (χ3n) is 8.72. The summed E-state index contributed by atoms with van der Waals surface area (Å²) in [4.78, 5) is 4.59. The Morgan fingerprint density at radius 1 is 0.682 bits per heavy atom. The first-order valence-corrected chi connectivity index (χ1v) is 14.8. The average molecular weight is 601 g/mol. The van der Waals surface area contributed by atoms with Gasteiger partial charge in [-0.15, -0.1) is 0 Å². The highest BCUT2D eigenvalue weighted by Crippen LogP contribution is 2.51. The van der Waals surface area contributed by atoms with Crippen LogP contribution in [0.25, 0.3) is 16.5 Å². The number of hydrogen-bond acceptors (Lipinski definition) is 7. The number of methoxy groups -OCH3 is 2. The van der Waals surface area contributed by atoms with Crippen molar-refractivity contribution in [2.45, 2.75) is 5.60 Å². The molecule has 0 unspecified atom stereocenters. The van der Waals surface area contributed by atoms with E-state index in [9.17, 15) is 0 Å². The van der Waals surface area contributed by atoms with Crippen LogP contribution in [-0.4, -0.2) is 71.7 Å². The number of anilines is 1. The second-order valence-electron chi connectivity index (χ2n) is 11.1. The van der Waals surface area contributed by atoms with Crippen LogP contribution in [0.4, 0.5) is 14.5 Å². The van der Waals surface area contributed by atoms with Gasteiger partial charge in [-0.25, -0.2) is 8.78 Å². The monoisotopic (exact) mass is 600 g/mol. The highest BCUT2D eigenvalue weighted by Gasteiger charge is 2.43. The lowest BCUT2D eigenvalue weighted by atomic mass is 9.81.